The van der Waals surface area contributed by atoms with Crippen molar-refractivity contribution in [2.75, 3.05) is 23.7 Å². The first-order valence-electron chi connectivity index (χ1n) is 15.5. The summed E-state index contributed by atoms with van der Waals surface area (Å²) in [6.45, 7) is 7.57. The minimum atomic E-state index is -4.97. The van der Waals surface area contributed by atoms with Crippen LogP contribution in [-0.2, 0) is 17.5 Å². The van der Waals surface area contributed by atoms with Gasteiger partial charge in [-0.3, -0.25) is 9.36 Å². The number of hydrazone groups is 1. The second kappa shape index (κ2) is 12.2. The molecular formula is C34H29F5N7O2S+. The van der Waals surface area contributed by atoms with Gasteiger partial charge in [0.05, 0.1) is 22.9 Å². The maximum absolute atomic E-state index is 15.4. The molecule has 2 aromatic carbocycles. The molecule has 49 heavy (non-hydrogen) atoms. The summed E-state index contributed by atoms with van der Waals surface area (Å²) in [6, 6.07) is 6.17. The van der Waals surface area contributed by atoms with Crippen LogP contribution in [0.15, 0.2) is 70.0 Å². The van der Waals surface area contributed by atoms with Gasteiger partial charge >= 0.3 is 17.7 Å². The Labute approximate surface area is 281 Å². The predicted octanol–water partition coefficient (Wildman–Crippen LogP) is 5.85. The summed E-state index contributed by atoms with van der Waals surface area (Å²) in [6.07, 6.45) is 1.24. The van der Waals surface area contributed by atoms with E-state index in [-0.39, 0.29) is 65.0 Å². The lowest BCUT2D eigenvalue weighted by molar-refractivity contribution is -0.442. The fraction of sp³-hybridized carbons (Fsp3) is 0.294. The third-order valence-corrected chi connectivity index (χ3v) is 10.2. The number of amides is 1. The quantitative estimate of drug-likeness (QED) is 0.151. The van der Waals surface area contributed by atoms with E-state index in [1.54, 1.807) is 53.0 Å². The first kappa shape index (κ1) is 32.6. The number of fused-ring (bicyclic) bond motifs is 1. The van der Waals surface area contributed by atoms with Crippen LogP contribution in [-0.4, -0.2) is 73.4 Å². The maximum Gasteiger partial charge on any atom is 0.417 e. The topological polar surface area (TPSA) is 86.7 Å². The smallest absolute Gasteiger partial charge is 0.352 e. The molecule has 7 rings (SSSR count). The highest BCUT2D eigenvalue weighted by Crippen LogP contribution is 2.49. The number of nitrogens with zero attached hydrogens (tertiary/aromatic N) is 7. The zero-order valence-electron chi connectivity index (χ0n) is 26.3. The van der Waals surface area contributed by atoms with Gasteiger partial charge in [-0.2, -0.15) is 18.2 Å². The molecule has 15 heteroatoms. The number of carbonyl (C=O) groups excluding carboxylic acids is 1. The van der Waals surface area contributed by atoms with Gasteiger partial charge in [-0.1, -0.05) is 11.7 Å². The highest BCUT2D eigenvalue weighted by Gasteiger charge is 2.40. The van der Waals surface area contributed by atoms with Crippen molar-refractivity contribution in [3.05, 3.63) is 88.5 Å². The minimum Gasteiger partial charge on any atom is -0.352 e. The molecule has 0 saturated carbocycles. The van der Waals surface area contributed by atoms with Crippen LogP contribution in [0.1, 0.15) is 25.0 Å². The van der Waals surface area contributed by atoms with E-state index in [4.69, 9.17) is 0 Å². The first-order valence-corrected chi connectivity index (χ1v) is 16.4. The van der Waals surface area contributed by atoms with Crippen molar-refractivity contribution in [3.63, 3.8) is 0 Å². The highest BCUT2D eigenvalue weighted by molar-refractivity contribution is 7.99. The van der Waals surface area contributed by atoms with Crippen LogP contribution in [0.2, 0.25) is 0 Å². The minimum absolute atomic E-state index is 0.0250. The molecule has 1 saturated heterocycles. The zero-order chi connectivity index (χ0) is 34.8. The Kier molecular flexibility index (Phi) is 8.12. The molecule has 3 aliphatic heterocycles. The number of aromatic nitrogens is 3. The van der Waals surface area contributed by atoms with Gasteiger partial charge in [-0.25, -0.2) is 13.6 Å². The van der Waals surface area contributed by atoms with E-state index in [0.717, 1.165) is 35.5 Å². The second-order valence-corrected chi connectivity index (χ2v) is 13.3. The number of hydrogen-bond donors (Lipinski definition) is 0. The number of alkyl halides is 3. The summed E-state index contributed by atoms with van der Waals surface area (Å²) in [5.41, 5.74) is -1.84. The van der Waals surface area contributed by atoms with Crippen molar-refractivity contribution in [1.29, 1.82) is 0 Å². The Bertz CT molecular complexity index is 2150. The number of benzene rings is 2. The summed E-state index contributed by atoms with van der Waals surface area (Å²) < 4.78 is 77.5. The normalized spacial score (nSPS) is 21.3. The molecular weight excluding hydrogens is 665 g/mol. The third-order valence-electron chi connectivity index (χ3n) is 8.92. The molecule has 1 unspecified atom stereocenters. The first-order chi connectivity index (χ1) is 23.3. The van der Waals surface area contributed by atoms with Gasteiger partial charge in [0.25, 0.3) is 0 Å². The number of piperazine rings is 1. The Morgan fingerprint density at radius 3 is 2.55 bits per heavy atom. The fourth-order valence-electron chi connectivity index (χ4n) is 6.92. The zero-order valence-corrected chi connectivity index (χ0v) is 27.1. The summed E-state index contributed by atoms with van der Waals surface area (Å²) in [5.74, 6) is -2.07. The van der Waals surface area contributed by atoms with Gasteiger partial charge in [-0.15, -0.1) is 16.4 Å². The van der Waals surface area contributed by atoms with Gasteiger partial charge in [0, 0.05) is 70.9 Å². The van der Waals surface area contributed by atoms with E-state index in [0.29, 0.717) is 11.9 Å². The molecule has 3 atom stereocenters. The molecule has 2 aromatic heterocycles. The van der Waals surface area contributed by atoms with Gasteiger partial charge in [0.2, 0.25) is 5.91 Å². The van der Waals surface area contributed by atoms with Crippen molar-refractivity contribution in [3.8, 4) is 11.1 Å². The average Bonchev–Trinajstić information content (AvgIpc) is 3.35. The monoisotopic (exact) mass is 694 g/mol. The number of anilines is 1. The number of carbonyl (C=O) groups is 1. The summed E-state index contributed by atoms with van der Waals surface area (Å²) >= 11 is 1.05. The molecule has 4 aromatic rings. The summed E-state index contributed by atoms with van der Waals surface area (Å²) in [5, 5.41) is 4.45. The van der Waals surface area contributed by atoms with Crippen LogP contribution < -0.4 is 10.6 Å². The van der Waals surface area contributed by atoms with Crippen LogP contribution in [0, 0.1) is 17.6 Å². The molecule has 0 radical (unpaired) electrons. The lowest BCUT2D eigenvalue weighted by Gasteiger charge is -2.44. The molecule has 252 valence electrons. The van der Waals surface area contributed by atoms with Crippen LogP contribution in [0.3, 0.4) is 0 Å². The van der Waals surface area contributed by atoms with Crippen LogP contribution >= 0.6 is 11.8 Å². The Balaban J connectivity index is 1.46. The molecule has 0 spiro atoms. The van der Waals surface area contributed by atoms with Gasteiger partial charge < -0.3 is 9.80 Å². The molecule has 0 N–H and O–H groups in total. The van der Waals surface area contributed by atoms with E-state index in [1.165, 1.54) is 10.6 Å². The molecule has 0 aliphatic carbocycles. The molecule has 9 nitrogen and oxygen atoms in total. The third kappa shape index (κ3) is 5.69. The lowest BCUT2D eigenvalue weighted by Crippen LogP contribution is -2.58. The van der Waals surface area contributed by atoms with Gasteiger partial charge in [0.1, 0.15) is 29.9 Å². The number of hydrogen-bond acceptors (Lipinski definition) is 7. The van der Waals surface area contributed by atoms with E-state index >= 15 is 17.6 Å². The van der Waals surface area contributed by atoms with Crippen molar-refractivity contribution in [2.45, 2.75) is 43.5 Å². The maximum atomic E-state index is 15.4. The Morgan fingerprint density at radius 2 is 1.86 bits per heavy atom. The summed E-state index contributed by atoms with van der Waals surface area (Å²) in [4.78, 5) is 38.7. The number of halogens is 5. The largest absolute Gasteiger partial charge is 0.417 e. The standard InChI is InChI=1S/C34H29F5N7O2S/c1-4-27(47)46-18(2)13-43(14-19(46)3)32-24-11-25(34(37,38)39)28(23-8-7-22(35)10-26(23)36)30-29(24)44(33(48)42-32)15-20(17-49-30)16-45-31-21(12-41-45)6-5-9-40-31/h4-12,16,18-20H,1,13-15,17H2,2-3H3/q+1/b45-16+/t18-,19+,20?. The van der Waals surface area contributed by atoms with Crippen molar-refractivity contribution >= 4 is 52.6 Å². The van der Waals surface area contributed by atoms with Crippen LogP contribution in [0.4, 0.5) is 33.6 Å². The second-order valence-electron chi connectivity index (χ2n) is 12.3. The van der Waals surface area contributed by atoms with E-state index in [2.05, 4.69) is 21.6 Å². The van der Waals surface area contributed by atoms with E-state index < -0.39 is 46.1 Å². The van der Waals surface area contributed by atoms with E-state index in [1.807, 2.05) is 6.07 Å². The molecule has 1 amide bonds. The average molecular weight is 695 g/mol. The van der Waals surface area contributed by atoms with Crippen molar-refractivity contribution in [1.82, 2.24) is 19.4 Å². The van der Waals surface area contributed by atoms with Crippen molar-refractivity contribution < 1.29 is 31.4 Å². The Morgan fingerprint density at radius 1 is 1.10 bits per heavy atom. The Hall–Kier alpha value is -4.92. The van der Waals surface area contributed by atoms with Crippen LogP contribution in [0.25, 0.3) is 22.0 Å². The van der Waals surface area contributed by atoms with Crippen LogP contribution in [0.5, 0.6) is 0 Å². The van der Waals surface area contributed by atoms with E-state index in [9.17, 15) is 14.0 Å². The fourth-order valence-corrected chi connectivity index (χ4v) is 8.21. The van der Waals surface area contributed by atoms with Gasteiger partial charge in [0.15, 0.2) is 0 Å². The number of thioether (sulfide) groups is 1. The molecule has 5 heterocycles. The number of rotatable bonds is 4. The highest BCUT2D eigenvalue weighted by atomic mass is 32.2. The number of pyridine rings is 1. The lowest BCUT2D eigenvalue weighted by atomic mass is 9.95. The van der Waals surface area contributed by atoms with Gasteiger partial charge in [-0.05, 0) is 55.2 Å². The summed E-state index contributed by atoms with van der Waals surface area (Å²) in [7, 11) is 0. The predicted molar refractivity (Wildman–Crippen MR) is 177 cm³/mol. The SMILES string of the molecule is C=CC(=O)N1[C@H](C)CN(c2nc(=O)n3c4c(c(-c5ccc(F)cc5F)c(C(F)(F)F)cc24)SCC(/C=[N+]2/N=Cc4cccnc42)C3)C[C@@H]1C. The van der Waals surface area contributed by atoms with Crippen molar-refractivity contribution in [2.24, 2.45) is 11.0 Å². The molecule has 1 fully saturated rings. The molecule has 3 aliphatic rings. The molecule has 0 bridgehead atoms.